The van der Waals surface area contributed by atoms with Gasteiger partial charge in [-0.3, -0.25) is 3.83 Å². The van der Waals surface area contributed by atoms with Crippen molar-refractivity contribution in [2.24, 2.45) is 0 Å². The fourth-order valence-corrected chi connectivity index (χ4v) is 0.616. The summed E-state index contributed by atoms with van der Waals surface area (Å²) in [5.41, 5.74) is 0. The largest absolute Gasteiger partial charge is 0.358 e. The Morgan fingerprint density at radius 1 is 1.00 bits per heavy atom. The van der Waals surface area contributed by atoms with Crippen molar-refractivity contribution >= 4 is 16.3 Å². The van der Waals surface area contributed by atoms with E-state index in [2.05, 4.69) is 24.8 Å². The Kier molecular flexibility index (Phi) is 9.29. The molecule has 0 radical (unpaired) electrons. The van der Waals surface area contributed by atoms with Crippen LogP contribution in [0, 0.1) is 0 Å². The Labute approximate surface area is 75.6 Å². The SMILES string of the molecule is COCOBr.c1ccccc1. The number of halogens is 1. The lowest BCUT2D eigenvalue weighted by Gasteiger charge is -1.84. The minimum Gasteiger partial charge on any atom is -0.358 e. The average Bonchev–Trinajstić information content (AvgIpc) is 2.10. The Morgan fingerprint density at radius 2 is 1.36 bits per heavy atom. The van der Waals surface area contributed by atoms with Gasteiger partial charge < -0.3 is 4.74 Å². The molecule has 0 heterocycles. The van der Waals surface area contributed by atoms with E-state index >= 15 is 0 Å². The van der Waals surface area contributed by atoms with E-state index in [9.17, 15) is 0 Å². The maximum Gasteiger partial charge on any atom is 0.159 e. The van der Waals surface area contributed by atoms with E-state index in [0.29, 0.717) is 6.79 Å². The number of hydrogen-bond acceptors (Lipinski definition) is 2. The molecule has 0 amide bonds. The zero-order valence-electron chi connectivity index (χ0n) is 6.37. The number of rotatable bonds is 2. The van der Waals surface area contributed by atoms with Crippen LogP contribution < -0.4 is 0 Å². The Morgan fingerprint density at radius 3 is 1.45 bits per heavy atom. The molecule has 0 saturated heterocycles. The molecule has 0 spiro atoms. The normalized spacial score (nSPS) is 8.18. The van der Waals surface area contributed by atoms with Gasteiger partial charge in [0.25, 0.3) is 0 Å². The smallest absolute Gasteiger partial charge is 0.159 e. The highest BCUT2D eigenvalue weighted by molar-refractivity contribution is 9.06. The van der Waals surface area contributed by atoms with Gasteiger partial charge in [-0.25, -0.2) is 0 Å². The first-order chi connectivity index (χ1) is 5.41. The molecule has 1 aromatic carbocycles. The predicted molar refractivity (Wildman–Crippen MR) is 48.3 cm³/mol. The molecule has 0 fully saturated rings. The van der Waals surface area contributed by atoms with Crippen molar-refractivity contribution in [3.8, 4) is 0 Å². The van der Waals surface area contributed by atoms with Crippen molar-refractivity contribution in [3.63, 3.8) is 0 Å². The second kappa shape index (κ2) is 9.62. The molecule has 0 N–H and O–H groups in total. The molecule has 0 aliphatic rings. The third kappa shape index (κ3) is 9.62. The third-order valence-electron chi connectivity index (χ3n) is 0.829. The predicted octanol–water partition coefficient (Wildman–Crippen LogP) is 2.60. The van der Waals surface area contributed by atoms with Crippen LogP contribution in [0.5, 0.6) is 0 Å². The standard InChI is InChI=1S/C6H6.C2H5BrO2/c1-2-4-6-5-3-1;1-4-2-5-3/h1-6H;2H2,1H3. The molecule has 62 valence electrons. The van der Waals surface area contributed by atoms with Crippen LogP contribution in [-0.2, 0) is 8.57 Å². The van der Waals surface area contributed by atoms with Crippen LogP contribution >= 0.6 is 16.3 Å². The molecule has 0 saturated carbocycles. The van der Waals surface area contributed by atoms with Gasteiger partial charge >= 0.3 is 0 Å². The Balaban J connectivity index is 0.000000187. The first-order valence-electron chi connectivity index (χ1n) is 3.14. The van der Waals surface area contributed by atoms with Gasteiger partial charge in [0.05, 0.1) is 0 Å². The molecule has 1 aromatic rings. The molecular weight excluding hydrogens is 208 g/mol. The lowest BCUT2D eigenvalue weighted by Crippen LogP contribution is -1.82. The lowest BCUT2D eigenvalue weighted by atomic mass is 10.4. The van der Waals surface area contributed by atoms with Crippen LogP contribution in [0.1, 0.15) is 0 Å². The van der Waals surface area contributed by atoms with E-state index in [-0.39, 0.29) is 0 Å². The molecule has 3 heteroatoms. The summed E-state index contributed by atoms with van der Waals surface area (Å²) in [7, 11) is 1.56. The van der Waals surface area contributed by atoms with Crippen LogP contribution in [-0.4, -0.2) is 13.9 Å². The number of benzene rings is 1. The Hall–Kier alpha value is -0.380. The van der Waals surface area contributed by atoms with E-state index < -0.39 is 0 Å². The van der Waals surface area contributed by atoms with Gasteiger partial charge in [0.1, 0.15) is 16.3 Å². The van der Waals surface area contributed by atoms with Gasteiger partial charge in [-0.2, -0.15) is 0 Å². The molecule has 0 atom stereocenters. The zero-order chi connectivity index (χ0) is 8.36. The van der Waals surface area contributed by atoms with E-state index in [1.807, 2.05) is 36.4 Å². The number of hydrogen-bond donors (Lipinski definition) is 0. The number of ether oxygens (including phenoxy) is 1. The van der Waals surface area contributed by atoms with Crippen LogP contribution in [0.4, 0.5) is 0 Å². The maximum atomic E-state index is 4.42. The summed E-state index contributed by atoms with van der Waals surface area (Å²) >= 11 is 2.68. The monoisotopic (exact) mass is 218 g/mol. The third-order valence-corrected chi connectivity index (χ3v) is 1.02. The van der Waals surface area contributed by atoms with E-state index in [0.717, 1.165) is 0 Å². The first kappa shape index (κ1) is 10.6. The molecule has 2 nitrogen and oxygen atoms in total. The quantitative estimate of drug-likeness (QED) is 0.711. The molecule has 0 aromatic heterocycles. The van der Waals surface area contributed by atoms with Gasteiger partial charge in [-0.05, 0) is 0 Å². The van der Waals surface area contributed by atoms with Crippen molar-refractivity contribution in [2.75, 3.05) is 13.9 Å². The summed E-state index contributed by atoms with van der Waals surface area (Å²) < 4.78 is 8.70. The molecule has 11 heavy (non-hydrogen) atoms. The molecular formula is C8H11BrO2. The summed E-state index contributed by atoms with van der Waals surface area (Å²) in [6.45, 7) is 0.306. The van der Waals surface area contributed by atoms with E-state index in [4.69, 9.17) is 0 Å². The average molecular weight is 219 g/mol. The van der Waals surface area contributed by atoms with Gasteiger partial charge in [0, 0.05) is 7.11 Å². The van der Waals surface area contributed by atoms with E-state index in [1.165, 1.54) is 0 Å². The van der Waals surface area contributed by atoms with Crippen molar-refractivity contribution in [3.05, 3.63) is 36.4 Å². The van der Waals surface area contributed by atoms with Crippen LogP contribution in [0.25, 0.3) is 0 Å². The minimum atomic E-state index is 0.306. The lowest BCUT2D eigenvalue weighted by molar-refractivity contribution is 0.0742. The Bertz CT molecular complexity index is 115. The summed E-state index contributed by atoms with van der Waals surface area (Å²) in [6.07, 6.45) is 0. The summed E-state index contributed by atoms with van der Waals surface area (Å²) in [4.78, 5) is 0. The highest BCUT2D eigenvalue weighted by Gasteiger charge is 1.66. The fourth-order valence-electron chi connectivity index (χ4n) is 0.429. The second-order valence-electron chi connectivity index (χ2n) is 1.67. The van der Waals surface area contributed by atoms with Gasteiger partial charge in [-0.1, -0.05) is 36.4 Å². The molecule has 0 aliphatic carbocycles. The number of methoxy groups -OCH3 is 1. The van der Waals surface area contributed by atoms with Gasteiger partial charge in [-0.15, -0.1) is 0 Å². The molecule has 0 unspecified atom stereocenters. The van der Waals surface area contributed by atoms with Crippen molar-refractivity contribution in [1.29, 1.82) is 0 Å². The summed E-state index contributed by atoms with van der Waals surface area (Å²) in [6, 6.07) is 12.0. The molecule has 1 rings (SSSR count). The van der Waals surface area contributed by atoms with Gasteiger partial charge in [0.15, 0.2) is 6.79 Å². The van der Waals surface area contributed by atoms with Gasteiger partial charge in [0.2, 0.25) is 0 Å². The maximum absolute atomic E-state index is 4.42. The topological polar surface area (TPSA) is 18.5 Å². The first-order valence-corrected chi connectivity index (χ1v) is 3.79. The summed E-state index contributed by atoms with van der Waals surface area (Å²) in [5, 5.41) is 0. The van der Waals surface area contributed by atoms with Crippen molar-refractivity contribution in [1.82, 2.24) is 0 Å². The fraction of sp³-hybridized carbons (Fsp3) is 0.250. The minimum absolute atomic E-state index is 0.306. The molecule has 0 bridgehead atoms. The van der Waals surface area contributed by atoms with Crippen LogP contribution in [0.3, 0.4) is 0 Å². The highest BCUT2D eigenvalue weighted by Crippen LogP contribution is 1.80. The van der Waals surface area contributed by atoms with Crippen molar-refractivity contribution in [2.45, 2.75) is 0 Å². The summed E-state index contributed by atoms with van der Waals surface area (Å²) in [5.74, 6) is 0. The van der Waals surface area contributed by atoms with Crippen molar-refractivity contribution < 1.29 is 8.57 Å². The molecule has 0 aliphatic heterocycles. The van der Waals surface area contributed by atoms with Crippen LogP contribution in [0.2, 0.25) is 0 Å². The van der Waals surface area contributed by atoms with E-state index in [1.54, 1.807) is 7.11 Å². The second-order valence-corrected chi connectivity index (χ2v) is 2.13. The van der Waals surface area contributed by atoms with Crippen LogP contribution in [0.15, 0.2) is 36.4 Å². The highest BCUT2D eigenvalue weighted by atomic mass is 79.9. The zero-order valence-corrected chi connectivity index (χ0v) is 7.95.